The van der Waals surface area contributed by atoms with E-state index < -0.39 is 0 Å². The molecule has 98 valence electrons. The Morgan fingerprint density at radius 3 is 2.42 bits per heavy atom. The molecule has 0 fully saturated rings. The second-order valence-electron chi connectivity index (χ2n) is 5.20. The van der Waals surface area contributed by atoms with Gasteiger partial charge in [0.05, 0.1) is 0 Å². The highest BCUT2D eigenvalue weighted by Gasteiger charge is 2.18. The number of nitrogens with zero attached hydrogens (tertiary/aromatic N) is 3. The third-order valence-electron chi connectivity index (χ3n) is 2.50. The number of hydrogen-bond donors (Lipinski definition) is 1. The van der Waals surface area contributed by atoms with E-state index >= 15 is 0 Å². The summed E-state index contributed by atoms with van der Waals surface area (Å²) in [5.74, 6) is 0.686. The van der Waals surface area contributed by atoms with Crippen molar-refractivity contribution in [3.63, 3.8) is 0 Å². The molecule has 0 aliphatic carbocycles. The summed E-state index contributed by atoms with van der Waals surface area (Å²) in [4.78, 5) is 24.3. The van der Waals surface area contributed by atoms with Crippen molar-refractivity contribution in [2.24, 2.45) is 0 Å². The summed E-state index contributed by atoms with van der Waals surface area (Å²) >= 11 is 0. The maximum Gasteiger partial charge on any atom is 0.258 e. The van der Waals surface area contributed by atoms with E-state index in [2.05, 4.69) is 20.3 Å². The van der Waals surface area contributed by atoms with Crippen LogP contribution in [0.15, 0.2) is 36.7 Å². The Kier molecular flexibility index (Phi) is 3.55. The lowest BCUT2D eigenvalue weighted by Gasteiger charge is -2.16. The highest BCUT2D eigenvalue weighted by Crippen LogP contribution is 2.17. The minimum absolute atomic E-state index is 0.185. The number of nitrogens with one attached hydrogen (secondary N) is 1. The van der Waals surface area contributed by atoms with Crippen LogP contribution in [0.25, 0.3) is 0 Å². The van der Waals surface area contributed by atoms with Crippen molar-refractivity contribution in [2.45, 2.75) is 26.2 Å². The van der Waals surface area contributed by atoms with Crippen molar-refractivity contribution in [1.82, 2.24) is 15.0 Å². The van der Waals surface area contributed by atoms with Crippen LogP contribution in [-0.2, 0) is 5.41 Å². The third-order valence-corrected chi connectivity index (χ3v) is 2.50. The lowest BCUT2D eigenvalue weighted by Crippen LogP contribution is -2.20. The number of carbonyl (C=O) groups excluding carboxylic acids is 1. The average molecular weight is 256 g/mol. The molecule has 5 nitrogen and oxygen atoms in total. The molecule has 1 aromatic carbocycles. The highest BCUT2D eigenvalue weighted by molar-refractivity contribution is 6.03. The monoisotopic (exact) mass is 256 g/mol. The summed E-state index contributed by atoms with van der Waals surface area (Å²) in [6, 6.07) is 8.95. The van der Waals surface area contributed by atoms with Gasteiger partial charge in [-0.05, 0) is 12.1 Å². The fourth-order valence-electron chi connectivity index (χ4n) is 1.48. The number of aromatic nitrogens is 3. The zero-order valence-corrected chi connectivity index (χ0v) is 11.2. The largest absolute Gasteiger partial charge is 0.290 e. The molecule has 1 heterocycles. The summed E-state index contributed by atoms with van der Waals surface area (Å²) in [7, 11) is 0. The van der Waals surface area contributed by atoms with E-state index in [1.165, 1.54) is 6.33 Å². The second-order valence-corrected chi connectivity index (χ2v) is 5.20. The van der Waals surface area contributed by atoms with Crippen molar-refractivity contribution in [2.75, 3.05) is 5.32 Å². The smallest absolute Gasteiger partial charge is 0.258 e. The quantitative estimate of drug-likeness (QED) is 0.896. The first-order valence-electron chi connectivity index (χ1n) is 6.03. The van der Waals surface area contributed by atoms with E-state index in [1.807, 2.05) is 39.0 Å². The summed E-state index contributed by atoms with van der Waals surface area (Å²) in [5, 5.41) is 2.67. The zero-order valence-electron chi connectivity index (χ0n) is 11.2. The Bertz CT molecular complexity index is 575. The first-order valence-corrected chi connectivity index (χ1v) is 6.03. The summed E-state index contributed by atoms with van der Waals surface area (Å²) in [6.45, 7) is 6.02. The molecule has 0 bridgehead atoms. The molecule has 1 N–H and O–H groups in total. The Balaban J connectivity index is 2.18. The fourth-order valence-corrected chi connectivity index (χ4v) is 1.48. The number of benzene rings is 1. The van der Waals surface area contributed by atoms with Gasteiger partial charge in [-0.3, -0.25) is 10.1 Å². The van der Waals surface area contributed by atoms with Gasteiger partial charge in [0.2, 0.25) is 5.95 Å². The van der Waals surface area contributed by atoms with Gasteiger partial charge in [0.15, 0.2) is 0 Å². The molecule has 19 heavy (non-hydrogen) atoms. The lowest BCUT2D eigenvalue weighted by atomic mass is 9.96. The molecule has 0 radical (unpaired) electrons. The number of anilines is 1. The highest BCUT2D eigenvalue weighted by atomic mass is 16.1. The summed E-state index contributed by atoms with van der Waals surface area (Å²) < 4.78 is 0. The van der Waals surface area contributed by atoms with Crippen LogP contribution in [-0.4, -0.2) is 20.9 Å². The van der Waals surface area contributed by atoms with Crippen LogP contribution in [0.3, 0.4) is 0 Å². The zero-order chi connectivity index (χ0) is 13.9. The predicted octanol–water partition coefficient (Wildman–Crippen LogP) is 2.42. The molecule has 0 saturated carbocycles. The molecule has 0 unspecified atom stereocenters. The summed E-state index contributed by atoms with van der Waals surface area (Å²) in [6.07, 6.45) is 1.41. The first-order chi connectivity index (χ1) is 8.97. The number of rotatable bonds is 2. The normalized spacial score (nSPS) is 11.1. The van der Waals surface area contributed by atoms with Crippen molar-refractivity contribution in [1.29, 1.82) is 0 Å². The molecule has 0 atom stereocenters. The van der Waals surface area contributed by atoms with E-state index in [0.29, 0.717) is 11.4 Å². The first kappa shape index (κ1) is 13.1. The second kappa shape index (κ2) is 5.14. The lowest BCUT2D eigenvalue weighted by molar-refractivity contribution is 0.102. The third kappa shape index (κ3) is 3.34. The van der Waals surface area contributed by atoms with Gasteiger partial charge < -0.3 is 0 Å². The van der Waals surface area contributed by atoms with Crippen LogP contribution in [0, 0.1) is 0 Å². The maximum atomic E-state index is 12.0. The summed E-state index contributed by atoms with van der Waals surface area (Å²) in [5.41, 5.74) is 0.384. The van der Waals surface area contributed by atoms with Crippen molar-refractivity contribution in [3.8, 4) is 0 Å². The van der Waals surface area contributed by atoms with Gasteiger partial charge in [0.25, 0.3) is 5.91 Å². The molecular weight excluding hydrogens is 240 g/mol. The van der Waals surface area contributed by atoms with Gasteiger partial charge in [-0.15, -0.1) is 0 Å². The molecule has 0 aliphatic heterocycles. The van der Waals surface area contributed by atoms with Crippen LogP contribution < -0.4 is 5.32 Å². The standard InChI is InChI=1S/C14H16N4O/c1-14(2,3)12-15-9-16-13(18-12)17-11(19)10-7-5-4-6-8-10/h4-9H,1-3H3,(H,15,16,17,18,19). The maximum absolute atomic E-state index is 12.0. The van der Waals surface area contributed by atoms with Gasteiger partial charge in [-0.25, -0.2) is 9.97 Å². The van der Waals surface area contributed by atoms with E-state index in [0.717, 1.165) is 0 Å². The number of carbonyl (C=O) groups is 1. The molecule has 0 spiro atoms. The van der Waals surface area contributed by atoms with Crippen LogP contribution >= 0.6 is 0 Å². The predicted molar refractivity (Wildman–Crippen MR) is 72.9 cm³/mol. The molecule has 1 amide bonds. The van der Waals surface area contributed by atoms with Gasteiger partial charge >= 0.3 is 0 Å². The Labute approximate surface area is 112 Å². The van der Waals surface area contributed by atoms with Gasteiger partial charge in [-0.1, -0.05) is 39.0 Å². The van der Waals surface area contributed by atoms with Crippen molar-refractivity contribution >= 4 is 11.9 Å². The molecule has 0 aliphatic rings. The molecule has 5 heteroatoms. The van der Waals surface area contributed by atoms with Crippen LogP contribution in [0.1, 0.15) is 37.0 Å². The molecule has 2 aromatic rings. The molecule has 2 rings (SSSR count). The van der Waals surface area contributed by atoms with Gasteiger partial charge in [0.1, 0.15) is 12.2 Å². The van der Waals surface area contributed by atoms with E-state index in [4.69, 9.17) is 0 Å². The molecule has 0 saturated heterocycles. The Hall–Kier alpha value is -2.30. The van der Waals surface area contributed by atoms with Crippen LogP contribution in [0.4, 0.5) is 5.95 Å². The van der Waals surface area contributed by atoms with Crippen LogP contribution in [0.5, 0.6) is 0 Å². The van der Waals surface area contributed by atoms with Crippen LogP contribution in [0.2, 0.25) is 0 Å². The molecule has 1 aromatic heterocycles. The number of hydrogen-bond acceptors (Lipinski definition) is 4. The van der Waals surface area contributed by atoms with E-state index in [-0.39, 0.29) is 17.3 Å². The SMILES string of the molecule is CC(C)(C)c1ncnc(NC(=O)c2ccccc2)n1. The van der Waals surface area contributed by atoms with E-state index in [1.54, 1.807) is 12.1 Å². The minimum atomic E-state index is -0.230. The fraction of sp³-hybridized carbons (Fsp3) is 0.286. The molecular formula is C14H16N4O. The van der Waals surface area contributed by atoms with E-state index in [9.17, 15) is 4.79 Å². The van der Waals surface area contributed by atoms with Gasteiger partial charge in [0, 0.05) is 11.0 Å². The number of amides is 1. The minimum Gasteiger partial charge on any atom is -0.290 e. The van der Waals surface area contributed by atoms with Crippen molar-refractivity contribution < 1.29 is 4.79 Å². The Morgan fingerprint density at radius 1 is 1.11 bits per heavy atom. The topological polar surface area (TPSA) is 67.8 Å². The van der Waals surface area contributed by atoms with Gasteiger partial charge in [-0.2, -0.15) is 4.98 Å². The van der Waals surface area contributed by atoms with Crippen molar-refractivity contribution in [3.05, 3.63) is 48.0 Å². The Morgan fingerprint density at radius 2 is 1.79 bits per heavy atom. The average Bonchev–Trinajstić information content (AvgIpc) is 2.39.